The quantitative estimate of drug-likeness (QED) is 0.755. The van der Waals surface area contributed by atoms with Gasteiger partial charge in [0, 0.05) is 16.8 Å². The smallest absolute Gasteiger partial charge is 0.153 e. The lowest BCUT2D eigenvalue weighted by Crippen LogP contribution is -2.06. The molecule has 0 fully saturated rings. The van der Waals surface area contributed by atoms with Gasteiger partial charge in [0.15, 0.2) is 5.82 Å². The van der Waals surface area contributed by atoms with Crippen molar-refractivity contribution in [3.63, 3.8) is 0 Å². The number of hydrogen-bond acceptors (Lipinski definition) is 3. The lowest BCUT2D eigenvalue weighted by Gasteiger charge is -2.08. The number of aryl methyl sites for hydroxylation is 1. The lowest BCUT2D eigenvalue weighted by atomic mass is 10.0. The summed E-state index contributed by atoms with van der Waals surface area (Å²) in [6.45, 7) is 4.07. The summed E-state index contributed by atoms with van der Waals surface area (Å²) in [7, 11) is 0. The first kappa shape index (κ1) is 17.0. The monoisotopic (exact) mass is 354 g/mol. The molecule has 3 aromatic rings. The molecule has 0 aliphatic rings. The van der Waals surface area contributed by atoms with Gasteiger partial charge < -0.3 is 5.73 Å². The number of nitrogens with two attached hydrogens (primary N) is 1. The van der Waals surface area contributed by atoms with Crippen LogP contribution in [0.4, 0.5) is 10.2 Å². The largest absolute Gasteiger partial charge is 0.382 e. The third-order valence-electron chi connectivity index (χ3n) is 4.13. The number of anilines is 1. The predicted octanol–water partition coefficient (Wildman–Crippen LogP) is 4.46. The minimum atomic E-state index is -0.276. The summed E-state index contributed by atoms with van der Waals surface area (Å²) in [6, 6.07) is 12.1. The molecule has 2 aromatic carbocycles. The third-order valence-corrected chi connectivity index (χ3v) is 4.45. The second-order valence-electron chi connectivity index (χ2n) is 5.90. The Morgan fingerprint density at radius 1 is 1.24 bits per heavy atom. The Labute approximate surface area is 150 Å². The Morgan fingerprint density at radius 2 is 2.00 bits per heavy atom. The molecule has 0 amide bonds. The second kappa shape index (κ2) is 6.58. The first-order chi connectivity index (χ1) is 11.9. The SMILES string of the molecule is Cc1ccc(F)c(Cn2nc(N)c(-c3ccc(C#N)c(Cl)c3)c2C)c1. The molecule has 6 heteroatoms. The van der Waals surface area contributed by atoms with Crippen molar-refractivity contribution < 1.29 is 4.39 Å². The molecule has 0 bridgehead atoms. The minimum absolute atomic E-state index is 0.276. The molecule has 25 heavy (non-hydrogen) atoms. The first-order valence-electron chi connectivity index (χ1n) is 7.68. The topological polar surface area (TPSA) is 67.6 Å². The van der Waals surface area contributed by atoms with Crippen molar-refractivity contribution in [2.24, 2.45) is 0 Å². The van der Waals surface area contributed by atoms with Crippen LogP contribution >= 0.6 is 11.6 Å². The van der Waals surface area contributed by atoms with Gasteiger partial charge in [0.1, 0.15) is 11.9 Å². The van der Waals surface area contributed by atoms with E-state index in [1.807, 2.05) is 19.9 Å². The molecule has 0 atom stereocenters. The zero-order chi connectivity index (χ0) is 18.1. The number of aromatic nitrogens is 2. The summed E-state index contributed by atoms with van der Waals surface area (Å²) in [5.41, 5.74) is 10.3. The standard InChI is InChI=1S/C19H16ClFN4/c1-11-3-6-17(21)15(7-11)10-25-12(2)18(19(23)24-25)13-4-5-14(9-22)16(20)8-13/h3-8H,10H2,1-2H3,(H2,23,24). The van der Waals surface area contributed by atoms with Crippen LogP contribution in [0.5, 0.6) is 0 Å². The summed E-state index contributed by atoms with van der Waals surface area (Å²) in [5.74, 6) is 0.0633. The summed E-state index contributed by atoms with van der Waals surface area (Å²) >= 11 is 6.12. The average Bonchev–Trinajstić information content (AvgIpc) is 2.85. The van der Waals surface area contributed by atoms with Gasteiger partial charge in [0.25, 0.3) is 0 Å². The van der Waals surface area contributed by atoms with Crippen molar-refractivity contribution in [2.45, 2.75) is 20.4 Å². The van der Waals surface area contributed by atoms with Crippen molar-refractivity contribution in [1.29, 1.82) is 5.26 Å². The molecule has 0 aliphatic heterocycles. The van der Waals surface area contributed by atoms with Crippen molar-refractivity contribution >= 4 is 17.4 Å². The number of benzene rings is 2. The van der Waals surface area contributed by atoms with Gasteiger partial charge in [-0.15, -0.1) is 0 Å². The van der Waals surface area contributed by atoms with Gasteiger partial charge in [-0.05, 0) is 37.6 Å². The van der Waals surface area contributed by atoms with Crippen molar-refractivity contribution in [3.05, 3.63) is 69.6 Å². The average molecular weight is 355 g/mol. The van der Waals surface area contributed by atoms with Crippen LogP contribution in [-0.2, 0) is 6.54 Å². The van der Waals surface area contributed by atoms with Crippen molar-refractivity contribution in [3.8, 4) is 17.2 Å². The lowest BCUT2D eigenvalue weighted by molar-refractivity contribution is 0.580. The van der Waals surface area contributed by atoms with E-state index in [1.165, 1.54) is 6.07 Å². The van der Waals surface area contributed by atoms with E-state index in [-0.39, 0.29) is 12.4 Å². The van der Waals surface area contributed by atoms with Crippen LogP contribution in [0, 0.1) is 31.0 Å². The van der Waals surface area contributed by atoms with Crippen LogP contribution in [0.25, 0.3) is 11.1 Å². The molecule has 0 radical (unpaired) electrons. The van der Waals surface area contributed by atoms with Gasteiger partial charge in [-0.3, -0.25) is 4.68 Å². The number of hydrogen-bond donors (Lipinski definition) is 1. The fourth-order valence-corrected chi connectivity index (χ4v) is 3.05. The van der Waals surface area contributed by atoms with Crippen LogP contribution in [0.15, 0.2) is 36.4 Å². The minimum Gasteiger partial charge on any atom is -0.382 e. The first-order valence-corrected chi connectivity index (χ1v) is 8.06. The fourth-order valence-electron chi connectivity index (χ4n) is 2.83. The molecule has 1 heterocycles. The molecule has 1 aromatic heterocycles. The van der Waals surface area contributed by atoms with E-state index in [4.69, 9.17) is 22.6 Å². The van der Waals surface area contributed by atoms with Crippen LogP contribution in [-0.4, -0.2) is 9.78 Å². The maximum absolute atomic E-state index is 14.0. The van der Waals surface area contributed by atoms with Gasteiger partial charge >= 0.3 is 0 Å². The van der Waals surface area contributed by atoms with E-state index in [9.17, 15) is 4.39 Å². The van der Waals surface area contributed by atoms with Gasteiger partial charge in [0.2, 0.25) is 0 Å². The predicted molar refractivity (Wildman–Crippen MR) is 96.8 cm³/mol. The molecule has 0 saturated carbocycles. The molecule has 0 unspecified atom stereocenters. The molecular weight excluding hydrogens is 339 g/mol. The molecule has 2 N–H and O–H groups in total. The van der Waals surface area contributed by atoms with Gasteiger partial charge in [0.05, 0.1) is 17.1 Å². The van der Waals surface area contributed by atoms with Crippen LogP contribution in [0.2, 0.25) is 5.02 Å². The molecule has 4 nitrogen and oxygen atoms in total. The highest BCUT2D eigenvalue weighted by Gasteiger charge is 2.16. The Balaban J connectivity index is 2.03. The summed E-state index contributed by atoms with van der Waals surface area (Å²) in [6.07, 6.45) is 0. The highest BCUT2D eigenvalue weighted by atomic mass is 35.5. The van der Waals surface area contributed by atoms with Crippen molar-refractivity contribution in [2.75, 3.05) is 5.73 Å². The third kappa shape index (κ3) is 3.21. The molecule has 0 spiro atoms. The Morgan fingerprint density at radius 3 is 2.68 bits per heavy atom. The number of nitriles is 1. The molecule has 0 aliphatic carbocycles. The molecule has 0 saturated heterocycles. The Kier molecular flexibility index (Phi) is 4.47. The van der Waals surface area contributed by atoms with E-state index >= 15 is 0 Å². The fraction of sp³-hybridized carbons (Fsp3) is 0.158. The van der Waals surface area contributed by atoms with Crippen molar-refractivity contribution in [1.82, 2.24) is 9.78 Å². The molecule has 3 rings (SSSR count). The maximum atomic E-state index is 14.0. The molecule has 126 valence electrons. The number of rotatable bonds is 3. The Hall–Kier alpha value is -2.84. The van der Waals surface area contributed by atoms with E-state index in [0.29, 0.717) is 22.0 Å². The highest BCUT2D eigenvalue weighted by molar-refractivity contribution is 6.32. The van der Waals surface area contributed by atoms with E-state index in [1.54, 1.807) is 35.0 Å². The zero-order valence-electron chi connectivity index (χ0n) is 13.8. The molecular formula is C19H16ClFN4. The second-order valence-corrected chi connectivity index (χ2v) is 6.31. The van der Waals surface area contributed by atoms with Gasteiger partial charge in [-0.25, -0.2) is 4.39 Å². The summed E-state index contributed by atoms with van der Waals surface area (Å²) < 4.78 is 15.7. The Bertz CT molecular complexity index is 1000. The zero-order valence-corrected chi connectivity index (χ0v) is 14.6. The van der Waals surface area contributed by atoms with Crippen LogP contribution in [0.3, 0.4) is 0 Å². The van der Waals surface area contributed by atoms with Gasteiger partial charge in [-0.2, -0.15) is 10.4 Å². The van der Waals surface area contributed by atoms with Gasteiger partial charge in [-0.1, -0.05) is 35.4 Å². The number of halogens is 2. The van der Waals surface area contributed by atoms with Crippen LogP contribution < -0.4 is 5.73 Å². The highest BCUT2D eigenvalue weighted by Crippen LogP contribution is 2.32. The van der Waals surface area contributed by atoms with E-state index in [2.05, 4.69) is 5.10 Å². The normalized spacial score (nSPS) is 10.7. The van der Waals surface area contributed by atoms with E-state index in [0.717, 1.165) is 22.4 Å². The summed E-state index contributed by atoms with van der Waals surface area (Å²) in [4.78, 5) is 0. The maximum Gasteiger partial charge on any atom is 0.153 e. The summed E-state index contributed by atoms with van der Waals surface area (Å²) in [5, 5.41) is 13.7. The number of nitrogens with zero attached hydrogens (tertiary/aromatic N) is 3. The van der Waals surface area contributed by atoms with E-state index < -0.39 is 0 Å². The van der Waals surface area contributed by atoms with Crippen LogP contribution in [0.1, 0.15) is 22.4 Å². The number of nitrogen functional groups attached to an aromatic ring is 1.